The van der Waals surface area contributed by atoms with Crippen LogP contribution >= 0.6 is 0 Å². The number of methoxy groups -OCH3 is 1. The smallest absolute Gasteiger partial charge is 0.335 e. The molecule has 5 aromatic rings. The van der Waals surface area contributed by atoms with Crippen molar-refractivity contribution in [3.8, 4) is 28.3 Å². The summed E-state index contributed by atoms with van der Waals surface area (Å²) in [5.41, 5.74) is 4.67. The fraction of sp³-hybridized carbons (Fsp3) is 0.0667. The molecule has 1 N–H and O–H groups in total. The molecule has 0 aliphatic carbocycles. The van der Waals surface area contributed by atoms with E-state index in [1.165, 1.54) is 18.2 Å². The van der Waals surface area contributed by atoms with Gasteiger partial charge in [-0.15, -0.1) is 0 Å². The predicted octanol–water partition coefficient (Wildman–Crippen LogP) is 5.98. The molecule has 0 unspecified atom stereocenters. The van der Waals surface area contributed by atoms with Crippen molar-refractivity contribution in [3.63, 3.8) is 0 Å². The summed E-state index contributed by atoms with van der Waals surface area (Å²) in [6, 6.07) is 22.2. The monoisotopic (exact) mass is 504 g/mol. The van der Waals surface area contributed by atoms with Crippen molar-refractivity contribution in [1.29, 1.82) is 0 Å². The standard InChI is InChI=1S/C30H20N2O6/c1-16-6-5-7-17(14-16)25-23(37-2)12-13-24-26(25)31-27(38-24)20-8-3-4-9-22(20)32-28(33)19-11-10-18(30(35)36)15-21(19)29(32)34/h3-15H,1-2H3,(H,35,36). The number of aromatic nitrogens is 1. The summed E-state index contributed by atoms with van der Waals surface area (Å²) >= 11 is 0. The Morgan fingerprint density at radius 3 is 2.45 bits per heavy atom. The van der Waals surface area contributed by atoms with Crippen molar-refractivity contribution in [2.24, 2.45) is 0 Å². The summed E-state index contributed by atoms with van der Waals surface area (Å²) in [5, 5.41) is 9.33. The SMILES string of the molecule is COc1ccc2oc(-c3ccccc3N3C(=O)c4ccc(C(=O)O)cc4C3=O)nc2c1-c1cccc(C)c1. The van der Waals surface area contributed by atoms with Crippen LogP contribution in [0, 0.1) is 6.92 Å². The number of fused-ring (bicyclic) bond motifs is 2. The van der Waals surface area contributed by atoms with Gasteiger partial charge in [-0.05, 0) is 55.0 Å². The Morgan fingerprint density at radius 1 is 0.895 bits per heavy atom. The summed E-state index contributed by atoms with van der Waals surface area (Å²) in [6.45, 7) is 2.00. The first kappa shape index (κ1) is 23.2. The zero-order valence-electron chi connectivity index (χ0n) is 20.4. The van der Waals surface area contributed by atoms with Crippen molar-refractivity contribution in [1.82, 2.24) is 4.98 Å². The Balaban J connectivity index is 1.50. The van der Waals surface area contributed by atoms with E-state index in [0.29, 0.717) is 22.4 Å². The van der Waals surface area contributed by atoms with E-state index in [9.17, 15) is 19.5 Å². The van der Waals surface area contributed by atoms with Gasteiger partial charge in [0.1, 0.15) is 11.3 Å². The number of imide groups is 1. The number of aryl methyl sites for hydroxylation is 1. The second-order valence-corrected chi connectivity index (χ2v) is 8.91. The lowest BCUT2D eigenvalue weighted by molar-refractivity contribution is 0.0696. The van der Waals surface area contributed by atoms with E-state index in [-0.39, 0.29) is 28.3 Å². The molecule has 2 heterocycles. The topological polar surface area (TPSA) is 110 Å². The van der Waals surface area contributed by atoms with Crippen molar-refractivity contribution in [2.45, 2.75) is 6.92 Å². The minimum Gasteiger partial charge on any atom is -0.496 e. The largest absolute Gasteiger partial charge is 0.496 e. The maximum atomic E-state index is 13.3. The molecule has 1 aromatic heterocycles. The number of hydrogen-bond donors (Lipinski definition) is 1. The number of carbonyl (C=O) groups excluding carboxylic acids is 2. The summed E-state index contributed by atoms with van der Waals surface area (Å²) in [6.07, 6.45) is 0. The van der Waals surface area contributed by atoms with E-state index in [2.05, 4.69) is 0 Å². The zero-order chi connectivity index (χ0) is 26.6. The molecule has 0 saturated heterocycles. The van der Waals surface area contributed by atoms with Gasteiger partial charge in [-0.1, -0.05) is 42.0 Å². The van der Waals surface area contributed by atoms with Gasteiger partial charge in [-0.3, -0.25) is 9.59 Å². The number of para-hydroxylation sites is 1. The molecule has 2 amide bonds. The third kappa shape index (κ3) is 3.54. The third-order valence-electron chi connectivity index (χ3n) is 6.56. The van der Waals surface area contributed by atoms with Crippen LogP contribution in [0.25, 0.3) is 33.7 Å². The zero-order valence-corrected chi connectivity index (χ0v) is 20.4. The van der Waals surface area contributed by atoms with Crippen LogP contribution in [0.3, 0.4) is 0 Å². The molecule has 0 fully saturated rings. The highest BCUT2D eigenvalue weighted by Crippen LogP contribution is 2.41. The number of benzene rings is 4. The van der Waals surface area contributed by atoms with Gasteiger partial charge in [-0.25, -0.2) is 14.7 Å². The molecule has 1 aliphatic rings. The first-order valence-electron chi connectivity index (χ1n) is 11.8. The van der Waals surface area contributed by atoms with Gasteiger partial charge < -0.3 is 14.3 Å². The first-order valence-corrected chi connectivity index (χ1v) is 11.8. The second-order valence-electron chi connectivity index (χ2n) is 8.91. The minimum atomic E-state index is -1.18. The van der Waals surface area contributed by atoms with Crippen LogP contribution in [0.1, 0.15) is 36.6 Å². The Labute approximate surface area is 216 Å². The van der Waals surface area contributed by atoms with Gasteiger partial charge in [0.05, 0.1) is 40.6 Å². The number of carboxylic acid groups (broad SMARTS) is 1. The lowest BCUT2D eigenvalue weighted by Crippen LogP contribution is -2.29. The van der Waals surface area contributed by atoms with Gasteiger partial charge in [0.25, 0.3) is 11.8 Å². The summed E-state index contributed by atoms with van der Waals surface area (Å²) in [7, 11) is 1.59. The first-order chi connectivity index (χ1) is 18.4. The molecule has 0 spiro atoms. The summed E-state index contributed by atoms with van der Waals surface area (Å²) < 4.78 is 11.8. The van der Waals surface area contributed by atoms with Crippen LogP contribution < -0.4 is 9.64 Å². The number of rotatable bonds is 5. The average molecular weight is 504 g/mol. The normalized spacial score (nSPS) is 12.7. The van der Waals surface area contributed by atoms with Crippen molar-refractivity contribution < 1.29 is 28.6 Å². The van der Waals surface area contributed by atoms with Crippen molar-refractivity contribution in [2.75, 3.05) is 12.0 Å². The second kappa shape index (κ2) is 8.70. The average Bonchev–Trinajstić information content (AvgIpc) is 3.46. The Morgan fingerprint density at radius 2 is 1.68 bits per heavy atom. The molecular weight excluding hydrogens is 484 g/mol. The molecule has 0 saturated carbocycles. The summed E-state index contributed by atoms with van der Waals surface area (Å²) in [4.78, 5) is 43.9. The predicted molar refractivity (Wildman–Crippen MR) is 141 cm³/mol. The van der Waals surface area contributed by atoms with Gasteiger partial charge in [0, 0.05) is 0 Å². The van der Waals surface area contributed by atoms with Crippen LogP contribution in [0.5, 0.6) is 5.75 Å². The fourth-order valence-electron chi connectivity index (χ4n) is 4.78. The van der Waals surface area contributed by atoms with Gasteiger partial charge in [0.15, 0.2) is 5.58 Å². The number of ether oxygens (including phenoxy) is 1. The molecule has 1 aliphatic heterocycles. The van der Waals surface area contributed by atoms with E-state index in [0.717, 1.165) is 21.6 Å². The number of oxazole rings is 1. The Bertz CT molecular complexity index is 1800. The fourth-order valence-corrected chi connectivity index (χ4v) is 4.78. The van der Waals surface area contributed by atoms with Crippen LogP contribution in [0.2, 0.25) is 0 Å². The molecule has 0 radical (unpaired) electrons. The van der Waals surface area contributed by atoms with Gasteiger partial charge >= 0.3 is 5.97 Å². The number of carbonyl (C=O) groups is 3. The van der Waals surface area contributed by atoms with E-state index in [4.69, 9.17) is 14.1 Å². The quantitative estimate of drug-likeness (QED) is 0.293. The lowest BCUT2D eigenvalue weighted by Gasteiger charge is -2.16. The number of amides is 2. The van der Waals surface area contributed by atoms with E-state index < -0.39 is 17.8 Å². The number of anilines is 1. The Kier molecular flexibility index (Phi) is 5.31. The van der Waals surface area contributed by atoms with Crippen LogP contribution in [0.4, 0.5) is 5.69 Å². The molecule has 4 aromatic carbocycles. The lowest BCUT2D eigenvalue weighted by atomic mass is 10.0. The van der Waals surface area contributed by atoms with E-state index >= 15 is 0 Å². The van der Waals surface area contributed by atoms with Gasteiger partial charge in [0.2, 0.25) is 5.89 Å². The molecule has 8 heteroatoms. The van der Waals surface area contributed by atoms with E-state index in [1.807, 2.05) is 37.3 Å². The summed E-state index contributed by atoms with van der Waals surface area (Å²) in [5.74, 6) is -1.49. The minimum absolute atomic E-state index is 0.0359. The van der Waals surface area contributed by atoms with Crippen LogP contribution in [0.15, 0.2) is 83.3 Å². The van der Waals surface area contributed by atoms with E-state index in [1.54, 1.807) is 37.4 Å². The molecule has 8 nitrogen and oxygen atoms in total. The highest BCUT2D eigenvalue weighted by atomic mass is 16.5. The molecular formula is C30H20N2O6. The third-order valence-corrected chi connectivity index (χ3v) is 6.56. The molecule has 6 rings (SSSR count). The number of nitrogens with zero attached hydrogens (tertiary/aromatic N) is 2. The molecule has 0 bridgehead atoms. The van der Waals surface area contributed by atoms with Crippen LogP contribution in [-0.2, 0) is 0 Å². The number of carboxylic acids is 1. The maximum Gasteiger partial charge on any atom is 0.335 e. The maximum absolute atomic E-state index is 13.3. The van der Waals surface area contributed by atoms with Crippen LogP contribution in [-0.4, -0.2) is 35.0 Å². The number of aromatic carboxylic acids is 1. The highest BCUT2D eigenvalue weighted by molar-refractivity contribution is 6.35. The molecule has 0 atom stereocenters. The van der Waals surface area contributed by atoms with Crippen molar-refractivity contribution in [3.05, 3.63) is 101 Å². The highest BCUT2D eigenvalue weighted by Gasteiger charge is 2.38. The Hall–Kier alpha value is -5.24. The van der Waals surface area contributed by atoms with Gasteiger partial charge in [-0.2, -0.15) is 0 Å². The van der Waals surface area contributed by atoms with Crippen molar-refractivity contribution >= 4 is 34.6 Å². The number of hydrogen-bond acceptors (Lipinski definition) is 6. The molecule has 186 valence electrons. The molecule has 38 heavy (non-hydrogen) atoms.